The minimum atomic E-state index is -3.71. The summed E-state index contributed by atoms with van der Waals surface area (Å²) in [5.41, 5.74) is 2.18. The van der Waals surface area contributed by atoms with Crippen LogP contribution in [0.4, 0.5) is 11.4 Å². The molecule has 0 unspecified atom stereocenters. The van der Waals surface area contributed by atoms with E-state index in [0.29, 0.717) is 22.7 Å². The Morgan fingerprint density at radius 3 is 2.00 bits per heavy atom. The summed E-state index contributed by atoms with van der Waals surface area (Å²) in [7, 11) is -2.18. The van der Waals surface area contributed by atoms with Gasteiger partial charge < -0.3 is 10.1 Å². The van der Waals surface area contributed by atoms with Gasteiger partial charge in [-0.15, -0.1) is 0 Å². The molecule has 0 spiro atoms. The van der Waals surface area contributed by atoms with Gasteiger partial charge >= 0.3 is 0 Å². The number of sulfonamides is 1. The number of Topliss-reactive ketones (excluding diaryl/α,β-unsaturated/α-hetero) is 1. The predicted octanol–water partition coefficient (Wildman–Crippen LogP) is 4.02. The van der Waals surface area contributed by atoms with Crippen LogP contribution >= 0.6 is 0 Å². The molecule has 0 radical (unpaired) electrons. The van der Waals surface area contributed by atoms with Crippen molar-refractivity contribution in [1.82, 2.24) is 0 Å². The van der Waals surface area contributed by atoms with Gasteiger partial charge in [-0.25, -0.2) is 8.42 Å². The first-order valence-corrected chi connectivity index (χ1v) is 10.9. The summed E-state index contributed by atoms with van der Waals surface area (Å²) in [4.78, 5) is 24.6. The molecular weight excluding hydrogens is 416 g/mol. The van der Waals surface area contributed by atoms with Crippen molar-refractivity contribution in [2.24, 2.45) is 0 Å². The van der Waals surface area contributed by atoms with Crippen LogP contribution in [-0.2, 0) is 14.8 Å². The number of carbonyl (C=O) groups excluding carboxylic acids is 2. The number of carbonyl (C=O) groups is 2. The molecule has 3 aromatic rings. The number of hydrogen-bond donors (Lipinski definition) is 2. The van der Waals surface area contributed by atoms with Gasteiger partial charge in [-0.1, -0.05) is 17.7 Å². The number of amides is 1. The number of nitrogens with one attached hydrogen (secondary N) is 2. The SMILES string of the molecule is COc1ccc(C(=O)CC(=O)Nc2ccc(NS(=O)(=O)c3ccc(C)cc3)cc2)cc1. The smallest absolute Gasteiger partial charge is 0.261 e. The van der Waals surface area contributed by atoms with E-state index in [1.807, 2.05) is 6.92 Å². The highest BCUT2D eigenvalue weighted by Gasteiger charge is 2.15. The molecule has 0 fully saturated rings. The van der Waals surface area contributed by atoms with Gasteiger partial charge in [-0.05, 0) is 67.6 Å². The van der Waals surface area contributed by atoms with E-state index in [1.165, 1.54) is 31.4 Å². The van der Waals surface area contributed by atoms with Crippen LogP contribution in [0.25, 0.3) is 0 Å². The van der Waals surface area contributed by atoms with E-state index in [4.69, 9.17) is 4.74 Å². The Labute approximate surface area is 181 Å². The molecule has 0 bridgehead atoms. The van der Waals surface area contributed by atoms with Crippen molar-refractivity contribution in [1.29, 1.82) is 0 Å². The molecule has 0 aromatic heterocycles. The monoisotopic (exact) mass is 438 g/mol. The summed E-state index contributed by atoms with van der Waals surface area (Å²) in [6.45, 7) is 1.88. The Hall–Kier alpha value is -3.65. The third-order valence-corrected chi connectivity index (χ3v) is 5.88. The second-order valence-electron chi connectivity index (χ2n) is 6.87. The molecule has 3 rings (SSSR count). The number of ether oxygens (including phenoxy) is 1. The van der Waals surface area contributed by atoms with Crippen molar-refractivity contribution >= 4 is 33.1 Å². The molecule has 7 nitrogen and oxygen atoms in total. The number of benzene rings is 3. The van der Waals surface area contributed by atoms with Gasteiger partial charge in [0.15, 0.2) is 5.78 Å². The van der Waals surface area contributed by atoms with Crippen molar-refractivity contribution in [3.05, 3.63) is 83.9 Å². The van der Waals surface area contributed by atoms with E-state index in [-0.39, 0.29) is 17.1 Å². The number of hydrogen-bond acceptors (Lipinski definition) is 5. The summed E-state index contributed by atoms with van der Waals surface area (Å²) in [6, 6.07) is 19.2. The minimum absolute atomic E-state index is 0.160. The molecule has 0 saturated carbocycles. The van der Waals surface area contributed by atoms with E-state index in [9.17, 15) is 18.0 Å². The molecule has 0 heterocycles. The normalized spacial score (nSPS) is 10.9. The van der Waals surface area contributed by atoms with Gasteiger partial charge in [0.05, 0.1) is 18.4 Å². The van der Waals surface area contributed by atoms with E-state index in [2.05, 4.69) is 10.0 Å². The second-order valence-corrected chi connectivity index (χ2v) is 8.55. The number of rotatable bonds is 8. The molecule has 0 atom stereocenters. The number of anilines is 2. The highest BCUT2D eigenvalue weighted by molar-refractivity contribution is 7.92. The Morgan fingerprint density at radius 1 is 0.839 bits per heavy atom. The van der Waals surface area contributed by atoms with Gasteiger partial charge in [0, 0.05) is 16.9 Å². The summed E-state index contributed by atoms with van der Waals surface area (Å²) < 4.78 is 32.4. The molecule has 160 valence electrons. The molecule has 0 aliphatic heterocycles. The average molecular weight is 439 g/mol. The molecule has 0 aliphatic rings. The van der Waals surface area contributed by atoms with Gasteiger partial charge in [0.25, 0.3) is 10.0 Å². The fraction of sp³-hybridized carbons (Fsp3) is 0.130. The van der Waals surface area contributed by atoms with Crippen molar-refractivity contribution < 1.29 is 22.7 Å². The van der Waals surface area contributed by atoms with Gasteiger partial charge in [0.2, 0.25) is 5.91 Å². The van der Waals surface area contributed by atoms with Crippen LogP contribution in [0, 0.1) is 6.92 Å². The maximum Gasteiger partial charge on any atom is 0.261 e. The number of methoxy groups -OCH3 is 1. The zero-order valence-electron chi connectivity index (χ0n) is 17.1. The second kappa shape index (κ2) is 9.44. The predicted molar refractivity (Wildman–Crippen MR) is 119 cm³/mol. The highest BCUT2D eigenvalue weighted by Crippen LogP contribution is 2.19. The van der Waals surface area contributed by atoms with Crippen LogP contribution in [0.1, 0.15) is 22.3 Å². The molecule has 0 saturated heterocycles. The Morgan fingerprint density at radius 2 is 1.42 bits per heavy atom. The Bertz CT molecular complexity index is 1170. The fourth-order valence-corrected chi connectivity index (χ4v) is 3.84. The van der Waals surface area contributed by atoms with E-state index in [1.54, 1.807) is 48.5 Å². The van der Waals surface area contributed by atoms with Crippen LogP contribution in [0.2, 0.25) is 0 Å². The third-order valence-electron chi connectivity index (χ3n) is 4.49. The first-order valence-electron chi connectivity index (χ1n) is 9.43. The summed E-state index contributed by atoms with van der Waals surface area (Å²) in [6.07, 6.45) is -0.311. The molecule has 8 heteroatoms. The lowest BCUT2D eigenvalue weighted by Crippen LogP contribution is -2.17. The molecule has 0 aliphatic carbocycles. The molecule has 31 heavy (non-hydrogen) atoms. The van der Waals surface area contributed by atoms with Crippen LogP contribution in [0.5, 0.6) is 5.75 Å². The maximum absolute atomic E-state index is 12.4. The van der Waals surface area contributed by atoms with Crippen molar-refractivity contribution in [2.75, 3.05) is 17.1 Å². The lowest BCUT2D eigenvalue weighted by Gasteiger charge is -2.10. The average Bonchev–Trinajstić information content (AvgIpc) is 2.75. The van der Waals surface area contributed by atoms with E-state index < -0.39 is 15.9 Å². The summed E-state index contributed by atoms with van der Waals surface area (Å²) in [5, 5.41) is 2.63. The zero-order chi connectivity index (χ0) is 22.4. The zero-order valence-corrected chi connectivity index (χ0v) is 17.9. The van der Waals surface area contributed by atoms with Gasteiger partial charge in [0.1, 0.15) is 5.75 Å². The van der Waals surface area contributed by atoms with Crippen molar-refractivity contribution in [2.45, 2.75) is 18.2 Å². The Kier molecular flexibility index (Phi) is 6.71. The highest BCUT2D eigenvalue weighted by atomic mass is 32.2. The van der Waals surface area contributed by atoms with Crippen LogP contribution in [0.15, 0.2) is 77.7 Å². The molecule has 1 amide bonds. The number of ketones is 1. The largest absolute Gasteiger partial charge is 0.497 e. The molecule has 3 aromatic carbocycles. The fourth-order valence-electron chi connectivity index (χ4n) is 2.78. The van der Waals surface area contributed by atoms with E-state index in [0.717, 1.165) is 5.56 Å². The van der Waals surface area contributed by atoms with Crippen LogP contribution in [0.3, 0.4) is 0 Å². The Balaban J connectivity index is 1.58. The minimum Gasteiger partial charge on any atom is -0.497 e. The lowest BCUT2D eigenvalue weighted by atomic mass is 10.1. The topological polar surface area (TPSA) is 102 Å². The van der Waals surface area contributed by atoms with Gasteiger partial charge in [-0.2, -0.15) is 0 Å². The first-order chi connectivity index (χ1) is 14.8. The van der Waals surface area contributed by atoms with Crippen molar-refractivity contribution in [3.8, 4) is 5.75 Å². The standard InChI is InChI=1S/C23H22N2O5S/c1-16-3-13-21(14-4-16)31(28,29)25-19-9-7-18(8-10-19)24-23(27)15-22(26)17-5-11-20(30-2)12-6-17/h3-14,25H,15H2,1-2H3,(H,24,27). The van der Waals surface area contributed by atoms with Crippen LogP contribution in [-0.4, -0.2) is 27.2 Å². The van der Waals surface area contributed by atoms with E-state index >= 15 is 0 Å². The van der Waals surface area contributed by atoms with Crippen molar-refractivity contribution in [3.63, 3.8) is 0 Å². The van der Waals surface area contributed by atoms with Gasteiger partial charge in [-0.3, -0.25) is 14.3 Å². The first kappa shape index (κ1) is 22.0. The lowest BCUT2D eigenvalue weighted by molar-refractivity contribution is -0.115. The maximum atomic E-state index is 12.4. The number of aryl methyl sites for hydroxylation is 1. The summed E-state index contributed by atoms with van der Waals surface area (Å²) in [5.74, 6) is -0.157. The van der Waals surface area contributed by atoms with Crippen LogP contribution < -0.4 is 14.8 Å². The molecule has 2 N–H and O–H groups in total. The summed E-state index contributed by atoms with van der Waals surface area (Å²) >= 11 is 0. The third kappa shape index (κ3) is 5.93. The quantitative estimate of drug-likeness (QED) is 0.409. The molecular formula is C23H22N2O5S.